The highest BCUT2D eigenvalue weighted by atomic mass is 35.5. The van der Waals surface area contributed by atoms with Crippen molar-refractivity contribution < 1.29 is 9.53 Å². The molecule has 2 rings (SSSR count). The molecular formula is C11H12ClNO2. The number of hydrogen-bond donors (Lipinski definition) is 1. The molecule has 1 aromatic carbocycles. The van der Waals surface area contributed by atoms with Crippen LogP contribution in [0.1, 0.15) is 11.1 Å². The van der Waals surface area contributed by atoms with Crippen LogP contribution < -0.4 is 10.1 Å². The van der Waals surface area contributed by atoms with Gasteiger partial charge in [0.25, 0.3) is 0 Å². The van der Waals surface area contributed by atoms with Gasteiger partial charge in [-0.2, -0.15) is 0 Å². The van der Waals surface area contributed by atoms with Crippen LogP contribution in [0, 0.1) is 0 Å². The maximum atomic E-state index is 11.3. The van der Waals surface area contributed by atoms with Crippen molar-refractivity contribution in [2.75, 3.05) is 13.7 Å². The molecular weight excluding hydrogens is 214 g/mol. The van der Waals surface area contributed by atoms with Crippen LogP contribution in [0.5, 0.6) is 5.75 Å². The Morgan fingerprint density at radius 1 is 1.60 bits per heavy atom. The molecule has 0 bridgehead atoms. The number of carbonyl (C=O) groups is 1. The fraction of sp³-hybridized carbons (Fsp3) is 0.364. The number of halogens is 1. The Labute approximate surface area is 93.4 Å². The number of benzene rings is 1. The Kier molecular flexibility index (Phi) is 2.82. The van der Waals surface area contributed by atoms with Crippen molar-refractivity contribution in [2.24, 2.45) is 0 Å². The second-order valence-electron chi connectivity index (χ2n) is 3.50. The molecule has 1 heterocycles. The summed E-state index contributed by atoms with van der Waals surface area (Å²) in [6.07, 6.45) is 1.19. The van der Waals surface area contributed by atoms with Crippen molar-refractivity contribution in [1.29, 1.82) is 0 Å². The third-order valence-electron chi connectivity index (χ3n) is 2.46. The summed E-state index contributed by atoms with van der Waals surface area (Å²) in [7, 11) is 1.62. The largest absolute Gasteiger partial charge is 0.493 e. The molecule has 0 saturated heterocycles. The molecule has 80 valence electrons. The molecule has 0 fully saturated rings. The zero-order chi connectivity index (χ0) is 10.8. The third-order valence-corrected chi connectivity index (χ3v) is 2.67. The predicted molar refractivity (Wildman–Crippen MR) is 58.4 cm³/mol. The standard InChI is InChI=1S/C11H12ClNO2/c1-13-10(14)6-8-5-9(12)4-7-2-3-15-11(7)8/h4-5H,2-3,6H2,1H3,(H,13,14). The summed E-state index contributed by atoms with van der Waals surface area (Å²) in [5, 5.41) is 3.25. The maximum Gasteiger partial charge on any atom is 0.224 e. The molecule has 0 saturated carbocycles. The number of amides is 1. The zero-order valence-electron chi connectivity index (χ0n) is 8.47. The van der Waals surface area contributed by atoms with E-state index in [1.165, 1.54) is 0 Å². The summed E-state index contributed by atoms with van der Waals surface area (Å²) in [5.74, 6) is 0.804. The van der Waals surface area contributed by atoms with Crippen molar-refractivity contribution in [2.45, 2.75) is 12.8 Å². The topological polar surface area (TPSA) is 38.3 Å². The van der Waals surface area contributed by atoms with E-state index in [1.807, 2.05) is 6.07 Å². The fourth-order valence-electron chi connectivity index (χ4n) is 1.74. The first-order valence-electron chi connectivity index (χ1n) is 4.85. The third kappa shape index (κ3) is 2.07. The second kappa shape index (κ2) is 4.11. The number of rotatable bonds is 2. The molecule has 1 aliphatic rings. The van der Waals surface area contributed by atoms with Gasteiger partial charge in [0.2, 0.25) is 5.91 Å². The Hall–Kier alpha value is -1.22. The lowest BCUT2D eigenvalue weighted by Crippen LogP contribution is -2.20. The van der Waals surface area contributed by atoms with Crippen molar-refractivity contribution in [3.05, 3.63) is 28.3 Å². The van der Waals surface area contributed by atoms with E-state index in [1.54, 1.807) is 13.1 Å². The molecule has 0 aromatic heterocycles. The number of carbonyl (C=O) groups excluding carboxylic acids is 1. The van der Waals surface area contributed by atoms with Crippen molar-refractivity contribution in [3.63, 3.8) is 0 Å². The van der Waals surface area contributed by atoms with Gasteiger partial charge in [-0.05, 0) is 17.7 Å². The number of ether oxygens (including phenoxy) is 1. The van der Waals surface area contributed by atoms with Gasteiger partial charge < -0.3 is 10.1 Å². The number of likely N-dealkylation sites (N-methyl/N-ethyl adjacent to an activating group) is 1. The summed E-state index contributed by atoms with van der Waals surface area (Å²) in [6.45, 7) is 0.677. The van der Waals surface area contributed by atoms with Gasteiger partial charge in [0.1, 0.15) is 5.75 Å². The van der Waals surface area contributed by atoms with Crippen LogP contribution in [-0.2, 0) is 17.6 Å². The van der Waals surface area contributed by atoms with Crippen LogP contribution in [0.3, 0.4) is 0 Å². The first kappa shape index (κ1) is 10.3. The average Bonchev–Trinajstić information content (AvgIpc) is 2.65. The minimum Gasteiger partial charge on any atom is -0.493 e. The summed E-state index contributed by atoms with van der Waals surface area (Å²) in [4.78, 5) is 11.3. The van der Waals surface area contributed by atoms with Gasteiger partial charge in [0.15, 0.2) is 0 Å². The van der Waals surface area contributed by atoms with E-state index < -0.39 is 0 Å². The summed E-state index contributed by atoms with van der Waals surface area (Å²) in [5.41, 5.74) is 1.97. The van der Waals surface area contributed by atoms with Crippen LogP contribution >= 0.6 is 11.6 Å². The van der Waals surface area contributed by atoms with Gasteiger partial charge >= 0.3 is 0 Å². The van der Waals surface area contributed by atoms with Crippen LogP contribution in [0.4, 0.5) is 0 Å². The minimum absolute atomic E-state index is 0.0324. The van der Waals surface area contributed by atoms with Gasteiger partial charge in [-0.15, -0.1) is 0 Å². The van der Waals surface area contributed by atoms with Crippen molar-refractivity contribution >= 4 is 17.5 Å². The lowest BCUT2D eigenvalue weighted by molar-refractivity contribution is -0.119. The van der Waals surface area contributed by atoms with E-state index >= 15 is 0 Å². The van der Waals surface area contributed by atoms with Gasteiger partial charge in [-0.1, -0.05) is 11.6 Å². The molecule has 0 spiro atoms. The summed E-state index contributed by atoms with van der Waals surface area (Å²) >= 11 is 5.97. The Morgan fingerprint density at radius 2 is 2.40 bits per heavy atom. The van der Waals surface area contributed by atoms with Crippen LogP contribution in [0.2, 0.25) is 5.02 Å². The normalized spacial score (nSPS) is 13.2. The van der Waals surface area contributed by atoms with E-state index in [2.05, 4.69) is 5.32 Å². The van der Waals surface area contributed by atoms with E-state index in [9.17, 15) is 4.79 Å². The molecule has 0 aliphatic carbocycles. The lowest BCUT2D eigenvalue weighted by atomic mass is 10.1. The van der Waals surface area contributed by atoms with Gasteiger partial charge in [0.05, 0.1) is 13.0 Å². The number of nitrogens with one attached hydrogen (secondary N) is 1. The first-order valence-corrected chi connectivity index (χ1v) is 5.23. The molecule has 1 amide bonds. The minimum atomic E-state index is -0.0324. The summed E-state index contributed by atoms with van der Waals surface area (Å²) in [6, 6.07) is 3.69. The molecule has 0 atom stereocenters. The molecule has 1 aromatic rings. The summed E-state index contributed by atoms with van der Waals surface area (Å²) < 4.78 is 5.49. The van der Waals surface area contributed by atoms with Gasteiger partial charge in [-0.25, -0.2) is 0 Å². The SMILES string of the molecule is CNC(=O)Cc1cc(Cl)cc2c1OCC2. The van der Waals surface area contributed by atoms with Crippen LogP contribution in [0.25, 0.3) is 0 Å². The van der Waals surface area contributed by atoms with E-state index in [0.717, 1.165) is 23.3 Å². The van der Waals surface area contributed by atoms with Gasteiger partial charge in [0, 0.05) is 24.1 Å². The molecule has 1 N–H and O–H groups in total. The fourth-order valence-corrected chi connectivity index (χ4v) is 2.00. The highest BCUT2D eigenvalue weighted by molar-refractivity contribution is 6.30. The highest BCUT2D eigenvalue weighted by Crippen LogP contribution is 2.32. The molecule has 0 unspecified atom stereocenters. The quantitative estimate of drug-likeness (QED) is 0.830. The first-order chi connectivity index (χ1) is 7.20. The molecule has 3 nitrogen and oxygen atoms in total. The van der Waals surface area contributed by atoms with E-state index in [-0.39, 0.29) is 5.91 Å². The molecule has 15 heavy (non-hydrogen) atoms. The maximum absolute atomic E-state index is 11.3. The van der Waals surface area contributed by atoms with E-state index in [4.69, 9.17) is 16.3 Å². The van der Waals surface area contributed by atoms with E-state index in [0.29, 0.717) is 18.1 Å². The molecule has 0 radical (unpaired) electrons. The Balaban J connectivity index is 2.34. The monoisotopic (exact) mass is 225 g/mol. The van der Waals surface area contributed by atoms with Crippen molar-refractivity contribution in [1.82, 2.24) is 5.32 Å². The number of fused-ring (bicyclic) bond motifs is 1. The Morgan fingerprint density at radius 3 is 3.13 bits per heavy atom. The highest BCUT2D eigenvalue weighted by Gasteiger charge is 2.18. The van der Waals surface area contributed by atoms with Crippen LogP contribution in [0.15, 0.2) is 12.1 Å². The smallest absolute Gasteiger partial charge is 0.224 e. The Bertz CT molecular complexity index is 404. The second-order valence-corrected chi connectivity index (χ2v) is 3.94. The molecule has 1 aliphatic heterocycles. The van der Waals surface area contributed by atoms with Gasteiger partial charge in [-0.3, -0.25) is 4.79 Å². The van der Waals surface area contributed by atoms with Crippen LogP contribution in [-0.4, -0.2) is 19.6 Å². The zero-order valence-corrected chi connectivity index (χ0v) is 9.23. The number of hydrogen-bond acceptors (Lipinski definition) is 2. The predicted octanol–water partition coefficient (Wildman–Crippen LogP) is 1.56. The lowest BCUT2D eigenvalue weighted by Gasteiger charge is -2.07. The molecule has 4 heteroatoms. The average molecular weight is 226 g/mol. The van der Waals surface area contributed by atoms with Crippen molar-refractivity contribution in [3.8, 4) is 5.75 Å².